The first-order chi connectivity index (χ1) is 11.2. The molecule has 1 saturated heterocycles. The Morgan fingerprint density at radius 2 is 1.74 bits per heavy atom. The van der Waals surface area contributed by atoms with Gasteiger partial charge < -0.3 is 20.5 Å². The zero-order valence-corrected chi connectivity index (χ0v) is 13.6. The van der Waals surface area contributed by atoms with Gasteiger partial charge in [0.25, 0.3) is 0 Å². The normalized spacial score (nSPS) is 31.8. The molecule has 3 fully saturated rings. The van der Waals surface area contributed by atoms with E-state index in [0.29, 0.717) is 12.5 Å². The SMILES string of the molecule is O=C(C[C@H]1CC[C@H](NC(=O)C2CCC2)[C@H](CO)O1)NC1CCC1. The molecule has 0 radical (unpaired) electrons. The van der Waals surface area contributed by atoms with E-state index in [0.717, 1.165) is 44.9 Å². The molecule has 0 bridgehead atoms. The van der Waals surface area contributed by atoms with Crippen molar-refractivity contribution in [3.8, 4) is 0 Å². The summed E-state index contributed by atoms with van der Waals surface area (Å²) in [5.74, 6) is 0.262. The topological polar surface area (TPSA) is 87.7 Å². The molecule has 6 heteroatoms. The van der Waals surface area contributed by atoms with Gasteiger partial charge in [-0.3, -0.25) is 9.59 Å². The fourth-order valence-electron chi connectivity index (χ4n) is 3.46. The third kappa shape index (κ3) is 4.23. The molecule has 0 unspecified atom stereocenters. The van der Waals surface area contributed by atoms with Crippen LogP contribution in [0, 0.1) is 5.92 Å². The van der Waals surface area contributed by atoms with Crippen LogP contribution < -0.4 is 10.6 Å². The van der Waals surface area contributed by atoms with Crippen LogP contribution in [0.3, 0.4) is 0 Å². The van der Waals surface area contributed by atoms with Gasteiger partial charge in [-0.25, -0.2) is 0 Å². The standard InChI is InChI=1S/C17H28N2O4/c20-10-15-14(19-17(22)11-3-1-4-11)8-7-13(23-15)9-16(21)18-12-5-2-6-12/h11-15,20H,1-10H2,(H,18,21)(H,19,22)/t13-,14+,15+/m1/s1. The molecule has 1 heterocycles. The Morgan fingerprint density at radius 3 is 2.30 bits per heavy atom. The molecule has 2 amide bonds. The van der Waals surface area contributed by atoms with E-state index < -0.39 is 6.10 Å². The van der Waals surface area contributed by atoms with Crippen molar-refractivity contribution in [3.63, 3.8) is 0 Å². The molecule has 3 N–H and O–H groups in total. The summed E-state index contributed by atoms with van der Waals surface area (Å²) in [6.07, 6.45) is 7.67. The molecule has 1 aliphatic heterocycles. The molecule has 2 saturated carbocycles. The lowest BCUT2D eigenvalue weighted by molar-refractivity contribution is -0.139. The highest BCUT2D eigenvalue weighted by atomic mass is 16.5. The van der Waals surface area contributed by atoms with Gasteiger partial charge in [0.15, 0.2) is 0 Å². The number of amides is 2. The number of aliphatic hydroxyl groups excluding tert-OH is 1. The fraction of sp³-hybridized carbons (Fsp3) is 0.882. The number of nitrogens with one attached hydrogen (secondary N) is 2. The molecular formula is C17H28N2O4. The van der Waals surface area contributed by atoms with Crippen molar-refractivity contribution in [2.45, 2.75) is 82.1 Å². The van der Waals surface area contributed by atoms with Crippen molar-refractivity contribution in [2.24, 2.45) is 5.92 Å². The lowest BCUT2D eigenvalue weighted by atomic mass is 9.84. The predicted octanol–water partition coefficient (Wildman–Crippen LogP) is 0.870. The third-order valence-corrected chi connectivity index (χ3v) is 5.48. The number of hydrogen-bond acceptors (Lipinski definition) is 4. The second kappa shape index (κ2) is 7.62. The monoisotopic (exact) mass is 324 g/mol. The molecule has 6 nitrogen and oxygen atoms in total. The third-order valence-electron chi connectivity index (χ3n) is 5.48. The van der Waals surface area contributed by atoms with Crippen LogP contribution in [0.15, 0.2) is 0 Å². The van der Waals surface area contributed by atoms with Crippen LogP contribution in [0.2, 0.25) is 0 Å². The van der Waals surface area contributed by atoms with Crippen LogP contribution in [0.4, 0.5) is 0 Å². The smallest absolute Gasteiger partial charge is 0.223 e. The minimum absolute atomic E-state index is 0.0355. The van der Waals surface area contributed by atoms with Crippen LogP contribution >= 0.6 is 0 Å². The molecule has 3 aliphatic rings. The highest BCUT2D eigenvalue weighted by Gasteiger charge is 2.35. The Hall–Kier alpha value is -1.14. The summed E-state index contributed by atoms with van der Waals surface area (Å²) in [7, 11) is 0. The second-order valence-corrected chi connectivity index (χ2v) is 7.20. The summed E-state index contributed by atoms with van der Waals surface area (Å²) >= 11 is 0. The van der Waals surface area contributed by atoms with E-state index in [-0.39, 0.29) is 36.5 Å². The minimum atomic E-state index is -0.408. The van der Waals surface area contributed by atoms with Crippen molar-refractivity contribution in [3.05, 3.63) is 0 Å². The molecule has 0 spiro atoms. The lowest BCUT2D eigenvalue weighted by Gasteiger charge is -2.37. The first kappa shape index (κ1) is 16.7. The largest absolute Gasteiger partial charge is 0.394 e. The fourth-order valence-corrected chi connectivity index (χ4v) is 3.46. The molecule has 0 aromatic rings. The average Bonchev–Trinajstić information content (AvgIpc) is 2.42. The van der Waals surface area contributed by atoms with E-state index in [1.807, 2.05) is 0 Å². The number of hydrogen-bond donors (Lipinski definition) is 3. The van der Waals surface area contributed by atoms with Crippen LogP contribution in [-0.4, -0.2) is 47.8 Å². The van der Waals surface area contributed by atoms with Gasteiger partial charge in [-0.05, 0) is 44.9 Å². The molecule has 130 valence electrons. The van der Waals surface area contributed by atoms with E-state index in [2.05, 4.69) is 10.6 Å². The first-order valence-electron chi connectivity index (χ1n) is 9.01. The van der Waals surface area contributed by atoms with Crippen molar-refractivity contribution < 1.29 is 19.4 Å². The summed E-state index contributed by atoms with van der Waals surface area (Å²) in [6, 6.07) is 0.202. The van der Waals surface area contributed by atoms with Crippen molar-refractivity contribution >= 4 is 11.8 Å². The molecular weight excluding hydrogens is 296 g/mol. The molecule has 0 aromatic heterocycles. The summed E-state index contributed by atoms with van der Waals surface area (Å²) < 4.78 is 5.86. The maximum Gasteiger partial charge on any atom is 0.223 e. The Balaban J connectivity index is 1.43. The van der Waals surface area contributed by atoms with Gasteiger partial charge in [0.2, 0.25) is 11.8 Å². The summed E-state index contributed by atoms with van der Waals surface area (Å²) in [6.45, 7) is -0.129. The molecule has 23 heavy (non-hydrogen) atoms. The first-order valence-corrected chi connectivity index (χ1v) is 9.01. The van der Waals surface area contributed by atoms with Crippen molar-refractivity contribution in [1.29, 1.82) is 0 Å². The van der Waals surface area contributed by atoms with Crippen LogP contribution in [0.25, 0.3) is 0 Å². The summed E-state index contributed by atoms with van der Waals surface area (Å²) in [5, 5.41) is 15.6. The minimum Gasteiger partial charge on any atom is -0.394 e. The van der Waals surface area contributed by atoms with E-state index in [1.165, 1.54) is 6.42 Å². The van der Waals surface area contributed by atoms with Gasteiger partial charge in [-0.15, -0.1) is 0 Å². The average molecular weight is 324 g/mol. The maximum absolute atomic E-state index is 12.1. The number of ether oxygens (including phenoxy) is 1. The summed E-state index contributed by atoms with van der Waals surface area (Å²) in [5.41, 5.74) is 0. The zero-order chi connectivity index (χ0) is 16.2. The number of aliphatic hydroxyl groups is 1. The maximum atomic E-state index is 12.1. The van der Waals surface area contributed by atoms with Gasteiger partial charge in [0.05, 0.1) is 25.2 Å². The lowest BCUT2D eigenvalue weighted by Crippen LogP contribution is -2.53. The van der Waals surface area contributed by atoms with Crippen molar-refractivity contribution in [2.75, 3.05) is 6.61 Å². The quantitative estimate of drug-likeness (QED) is 0.676. The molecule has 0 aromatic carbocycles. The Bertz CT molecular complexity index is 434. The Labute approximate surface area is 137 Å². The van der Waals surface area contributed by atoms with Gasteiger partial charge in [0.1, 0.15) is 6.10 Å². The molecule has 3 atom stereocenters. The Kier molecular flexibility index (Phi) is 5.54. The van der Waals surface area contributed by atoms with Crippen LogP contribution in [-0.2, 0) is 14.3 Å². The molecule has 3 rings (SSSR count). The van der Waals surface area contributed by atoms with Gasteiger partial charge in [-0.2, -0.15) is 0 Å². The zero-order valence-electron chi connectivity index (χ0n) is 13.6. The van der Waals surface area contributed by atoms with Gasteiger partial charge >= 0.3 is 0 Å². The van der Waals surface area contributed by atoms with E-state index in [9.17, 15) is 14.7 Å². The van der Waals surface area contributed by atoms with Gasteiger partial charge in [0, 0.05) is 12.0 Å². The van der Waals surface area contributed by atoms with Gasteiger partial charge in [-0.1, -0.05) is 6.42 Å². The predicted molar refractivity (Wildman–Crippen MR) is 84.7 cm³/mol. The van der Waals surface area contributed by atoms with Crippen LogP contribution in [0.5, 0.6) is 0 Å². The number of carbonyl (C=O) groups excluding carboxylic acids is 2. The second-order valence-electron chi connectivity index (χ2n) is 7.20. The Morgan fingerprint density at radius 1 is 1.00 bits per heavy atom. The highest BCUT2D eigenvalue weighted by molar-refractivity contribution is 5.79. The highest BCUT2D eigenvalue weighted by Crippen LogP contribution is 2.28. The number of carbonyl (C=O) groups is 2. The van der Waals surface area contributed by atoms with Crippen molar-refractivity contribution in [1.82, 2.24) is 10.6 Å². The summed E-state index contributed by atoms with van der Waals surface area (Å²) in [4.78, 5) is 24.0. The van der Waals surface area contributed by atoms with E-state index in [4.69, 9.17) is 4.74 Å². The number of rotatable bonds is 6. The van der Waals surface area contributed by atoms with Crippen LogP contribution in [0.1, 0.15) is 57.8 Å². The van der Waals surface area contributed by atoms with E-state index >= 15 is 0 Å². The molecule has 2 aliphatic carbocycles. The van der Waals surface area contributed by atoms with E-state index in [1.54, 1.807) is 0 Å².